The largest absolute Gasteiger partial charge is 0.507 e. The summed E-state index contributed by atoms with van der Waals surface area (Å²) < 4.78 is 95.1. The molecule has 1 aliphatic carbocycles. The van der Waals surface area contributed by atoms with E-state index in [1.54, 1.807) is 33.8 Å². The summed E-state index contributed by atoms with van der Waals surface area (Å²) in [5.41, 5.74) is -2.07. The highest BCUT2D eigenvalue weighted by molar-refractivity contribution is 6.23. The van der Waals surface area contributed by atoms with Crippen LogP contribution in [0, 0.1) is 30.6 Å². The van der Waals surface area contributed by atoms with Crippen LogP contribution in [0.15, 0.2) is 41.2 Å². The summed E-state index contributed by atoms with van der Waals surface area (Å²) >= 11 is 0. The number of aliphatic hydroxyl groups excluding tert-OH is 2. The minimum atomic E-state index is -3.43. The number of anilines is 1. The second-order valence-corrected chi connectivity index (χ2v) is 16.9. The van der Waals surface area contributed by atoms with Crippen molar-refractivity contribution in [2.75, 3.05) is 38.4 Å². The number of hydrazone groups is 1. The first-order valence-electron chi connectivity index (χ1n) is 25.0. The van der Waals surface area contributed by atoms with Gasteiger partial charge in [-0.05, 0) is 32.8 Å². The fourth-order valence-corrected chi connectivity index (χ4v) is 8.65. The highest BCUT2D eigenvalue weighted by Gasteiger charge is 2.50. The number of nitrogens with zero attached hydrogens (tertiary/aromatic N) is 3. The Balaban J connectivity index is 1.58. The number of hydrogen-bond donors (Lipinski definition) is 6. The van der Waals surface area contributed by atoms with E-state index < -0.39 is 148 Å². The molecule has 1 saturated heterocycles. The van der Waals surface area contributed by atoms with Gasteiger partial charge in [0.2, 0.25) is 0 Å². The number of carbonyl (C=O) groups is 3. The number of hydrogen-bond acceptors (Lipinski definition) is 15. The van der Waals surface area contributed by atoms with Crippen LogP contribution < -0.4 is 10.1 Å². The molecule has 4 aliphatic heterocycles. The van der Waals surface area contributed by atoms with E-state index in [0.717, 1.165) is 6.26 Å². The summed E-state index contributed by atoms with van der Waals surface area (Å²) in [5, 5.41) is 64.4. The number of Topliss-reactive ketones (excluding diaryl/α,β-unsaturated/α-hetero) is 1. The molecule has 16 heteroatoms. The summed E-state index contributed by atoms with van der Waals surface area (Å²) in [7, 11) is 1.37. The maximum Gasteiger partial charge on any atom is 0.312 e. The summed E-state index contributed by atoms with van der Waals surface area (Å²) in [6.07, 6.45) is 4.81. The molecule has 4 heterocycles. The number of allylic oxidation sites excluding steroid dienone is 2. The van der Waals surface area contributed by atoms with E-state index >= 15 is 0 Å². The first-order chi connectivity index (χ1) is 32.8. The Morgan fingerprint density at radius 2 is 1.62 bits per heavy atom. The number of methoxy groups -OCH3 is 1. The Bertz CT molecular complexity index is 2540. The smallest absolute Gasteiger partial charge is 0.312 e. The number of aliphatic hydroxyl groups is 2. The van der Waals surface area contributed by atoms with E-state index in [9.17, 15) is 39.9 Å². The first kappa shape index (κ1) is 37.2. The number of rotatable bonds is 5. The lowest BCUT2D eigenvalue weighted by molar-refractivity contribution is -0.160. The van der Waals surface area contributed by atoms with Gasteiger partial charge in [0.25, 0.3) is 11.7 Å². The Kier molecular flexibility index (Phi) is 11.4. The van der Waals surface area contributed by atoms with Gasteiger partial charge in [-0.2, -0.15) is 5.10 Å². The zero-order chi connectivity index (χ0) is 53.2. The number of ether oxygens (including phenoxy) is 4. The van der Waals surface area contributed by atoms with Crippen LogP contribution in [0.4, 0.5) is 5.69 Å². The number of nitrogens with one attached hydrogen (secondary N) is 1. The number of piperazine rings is 1. The van der Waals surface area contributed by atoms with Crippen molar-refractivity contribution in [3.8, 4) is 23.0 Å². The first-order valence-corrected chi connectivity index (χ1v) is 21.0. The number of phenolic OH excluding ortho intramolecular Hbond substituents is 3. The van der Waals surface area contributed by atoms with Gasteiger partial charge in [-0.15, -0.1) is 0 Å². The predicted molar refractivity (Wildman–Crippen MR) is 237 cm³/mol. The number of fused-ring (bicyclic) bond motifs is 14. The molecular formula is C47H64N4O12. The van der Waals surface area contributed by atoms with Crippen LogP contribution in [-0.2, 0) is 23.8 Å². The molecule has 344 valence electrons. The molecule has 2 fully saturated rings. The third-order valence-corrected chi connectivity index (χ3v) is 12.6. The number of phenols is 3. The quantitative estimate of drug-likeness (QED) is 0.0926. The fraction of sp³-hybridized carbons (Fsp3) is 0.574. The highest BCUT2D eigenvalue weighted by atomic mass is 16.7. The van der Waals surface area contributed by atoms with Crippen LogP contribution in [0.2, 0.25) is 0 Å². The number of aromatic hydroxyl groups is 3. The van der Waals surface area contributed by atoms with Crippen LogP contribution in [-0.4, -0.2) is 129 Å². The van der Waals surface area contributed by atoms with Crippen molar-refractivity contribution in [3.05, 3.63) is 52.8 Å². The van der Waals surface area contributed by atoms with Crippen molar-refractivity contribution in [2.24, 2.45) is 28.8 Å². The Morgan fingerprint density at radius 1 is 0.952 bits per heavy atom. The minimum absolute atomic E-state index is 0.0529. The van der Waals surface area contributed by atoms with Crippen molar-refractivity contribution in [2.45, 2.75) is 117 Å². The molecule has 9 atom stereocenters. The number of carbonyl (C=O) groups excluding carboxylic acids is 3. The average molecular weight is 885 g/mol. The Labute approximate surface area is 380 Å². The zero-order valence-corrected chi connectivity index (χ0v) is 36.9. The molecule has 16 nitrogen and oxygen atoms in total. The van der Waals surface area contributed by atoms with Crippen LogP contribution in [0.1, 0.15) is 107 Å². The Hall–Kier alpha value is -5.16. The van der Waals surface area contributed by atoms with Gasteiger partial charge in [0.15, 0.2) is 5.75 Å². The van der Waals surface area contributed by atoms with E-state index in [0.29, 0.717) is 24.0 Å². The molecule has 6 N–H and O–H groups in total. The van der Waals surface area contributed by atoms with Crippen molar-refractivity contribution in [1.29, 1.82) is 0 Å². The standard InChI is InChI=1S/C47H64N4O12/c1-24-13-12-14-25(2)46(59)49-37-32(23-48-51-20-18-50(19-21-51)31-15-10-11-16-31)41(56)34-35(42(37)57)40(55)29(6)44-36(34)45(58)47(8,63-44)61-22-17-33(60-9)26(3)43(62-30(7)52)28(5)39(54)27(4)38(24)53/h12-14,17,22-24,26-28,31,33,38-39,43,53-57H,10-11,15-16,18-21H2,1-9H3,(H,49,59)/b13-12+,22-17+,25-14-,48-23+/t24-,26+,27+,28+,33-,38-,39+,43+,47-/m0/s1/i18D2,19D2,20D2,21D2. The molecule has 0 aromatic heterocycles. The molecule has 2 aromatic carbocycles. The third-order valence-electron chi connectivity index (χ3n) is 12.6. The zero-order valence-electron chi connectivity index (χ0n) is 44.9. The van der Waals surface area contributed by atoms with Gasteiger partial charge in [0.05, 0.1) is 58.5 Å². The number of esters is 1. The van der Waals surface area contributed by atoms with E-state index in [1.807, 2.05) is 0 Å². The lowest BCUT2D eigenvalue weighted by atomic mass is 9.78. The van der Waals surface area contributed by atoms with E-state index in [-0.39, 0.29) is 34.7 Å². The molecule has 0 radical (unpaired) electrons. The molecule has 7 rings (SSSR count). The monoisotopic (exact) mass is 885 g/mol. The number of ketones is 1. The van der Waals surface area contributed by atoms with Crippen molar-refractivity contribution in [1.82, 2.24) is 9.91 Å². The van der Waals surface area contributed by atoms with Gasteiger partial charge in [-0.3, -0.25) is 24.3 Å². The molecule has 1 saturated carbocycles. The minimum Gasteiger partial charge on any atom is -0.507 e. The van der Waals surface area contributed by atoms with E-state index in [4.69, 9.17) is 29.9 Å². The third kappa shape index (κ3) is 9.40. The molecule has 63 heavy (non-hydrogen) atoms. The Morgan fingerprint density at radius 3 is 2.25 bits per heavy atom. The normalized spacial score (nSPS) is 37.4. The maximum atomic E-state index is 14.7. The van der Waals surface area contributed by atoms with Crippen molar-refractivity contribution >= 4 is 40.3 Å². The topological polar surface area (TPSA) is 220 Å². The lowest BCUT2D eigenvalue weighted by Crippen LogP contribution is -2.47. The second kappa shape index (κ2) is 19.3. The molecule has 5 aliphatic rings. The molecule has 1 amide bonds. The van der Waals surface area contributed by atoms with Crippen LogP contribution in [0.3, 0.4) is 0 Å². The molecule has 0 unspecified atom stereocenters. The summed E-state index contributed by atoms with van der Waals surface area (Å²) in [4.78, 5) is 41.7. The van der Waals surface area contributed by atoms with Crippen molar-refractivity contribution in [3.63, 3.8) is 0 Å². The van der Waals surface area contributed by atoms with Gasteiger partial charge >= 0.3 is 11.8 Å². The lowest BCUT2D eigenvalue weighted by Gasteiger charge is -2.38. The average Bonchev–Trinajstić information content (AvgIpc) is 3.91. The predicted octanol–water partition coefficient (Wildman–Crippen LogP) is 5.65. The molecule has 0 spiro atoms. The summed E-state index contributed by atoms with van der Waals surface area (Å²) in [6.45, 7) is -1.56. The van der Waals surface area contributed by atoms with Crippen LogP contribution in [0.5, 0.6) is 23.0 Å². The van der Waals surface area contributed by atoms with Crippen molar-refractivity contribution < 1.29 is 69.8 Å². The fourth-order valence-electron chi connectivity index (χ4n) is 8.65. The molecule has 2 aromatic rings. The van der Waals surface area contributed by atoms with Gasteiger partial charge in [-0.25, -0.2) is 0 Å². The SMILES string of the molecule is [2H]C1([2H])N(/N=C/c2c3c(O)c4c(O)c(C)c5c(c4c2O)C(=O)[C@@](C)(O/C=C/[C@H](OC)[C@@H](C)[C@@H](OC(C)=O)[C@H](C)[C@H](O)[C@H](C)[C@@H](O)[C@@H](C)/C=C/C=C(/C)C(=O)N3)O5)C([2H])([2H])C([2H])([2H])N(C2CCCC2)C1([2H])[2H]. The summed E-state index contributed by atoms with van der Waals surface area (Å²) in [6, 6.07) is -0.863. The van der Waals surface area contributed by atoms with Gasteiger partial charge in [0.1, 0.15) is 23.4 Å². The maximum absolute atomic E-state index is 14.7. The summed E-state index contributed by atoms with van der Waals surface area (Å²) in [5.74, 6) is -10.8. The van der Waals surface area contributed by atoms with E-state index in [1.165, 1.54) is 53.0 Å². The number of benzene rings is 2. The molecular weight excluding hydrogens is 813 g/mol. The van der Waals surface area contributed by atoms with Crippen LogP contribution in [0.25, 0.3) is 10.8 Å². The molecule has 5 bridgehead atoms. The van der Waals surface area contributed by atoms with E-state index in [2.05, 4.69) is 10.4 Å². The van der Waals surface area contributed by atoms with Crippen LogP contribution >= 0.6 is 0 Å². The second-order valence-electron chi connectivity index (χ2n) is 16.9. The van der Waals surface area contributed by atoms with Gasteiger partial charge < -0.3 is 49.8 Å². The van der Waals surface area contributed by atoms with Gasteiger partial charge in [-0.1, -0.05) is 58.8 Å². The number of amides is 1. The highest BCUT2D eigenvalue weighted by Crippen LogP contribution is 2.55. The van der Waals surface area contributed by atoms with Gasteiger partial charge in [0, 0.05) is 98.7 Å².